The molecule has 2 saturated heterocycles. The first kappa shape index (κ1) is 21.1. The lowest BCUT2D eigenvalue weighted by atomic mass is 9.83. The molecule has 1 amide bonds. The molecule has 2 fully saturated rings. The van der Waals surface area contributed by atoms with Gasteiger partial charge in [-0.3, -0.25) is 4.79 Å². The number of hydrogen-bond acceptors (Lipinski definition) is 5. The lowest BCUT2D eigenvalue weighted by molar-refractivity contribution is -0.162. The fraction of sp³-hybridized carbons (Fsp3) is 0.682. The predicted molar refractivity (Wildman–Crippen MR) is 107 cm³/mol. The molecule has 0 aliphatic carbocycles. The van der Waals surface area contributed by atoms with Crippen LogP contribution in [0.2, 0.25) is 0 Å². The number of likely N-dealkylation sites (tertiary alicyclic amines) is 1. The normalized spacial score (nSPS) is 21.6. The van der Waals surface area contributed by atoms with Gasteiger partial charge in [0, 0.05) is 39.6 Å². The van der Waals surface area contributed by atoms with Crippen molar-refractivity contribution in [1.29, 1.82) is 0 Å². The van der Waals surface area contributed by atoms with Gasteiger partial charge in [0.2, 0.25) is 5.91 Å². The van der Waals surface area contributed by atoms with Gasteiger partial charge >= 0.3 is 0 Å². The summed E-state index contributed by atoms with van der Waals surface area (Å²) in [6.07, 6.45) is 5.19. The van der Waals surface area contributed by atoms with Crippen molar-refractivity contribution in [3.8, 4) is 5.75 Å². The van der Waals surface area contributed by atoms with E-state index in [1.165, 1.54) is 0 Å². The molecular formula is C22H33NO5. The molecule has 1 aromatic carbocycles. The lowest BCUT2D eigenvalue weighted by Gasteiger charge is -2.46. The molecule has 1 unspecified atom stereocenters. The Bertz CT molecular complexity index is 610. The minimum Gasteiger partial charge on any atom is -0.497 e. The van der Waals surface area contributed by atoms with Gasteiger partial charge in [-0.2, -0.15) is 0 Å². The van der Waals surface area contributed by atoms with Crippen LogP contribution in [0.4, 0.5) is 0 Å². The van der Waals surface area contributed by atoms with E-state index in [0.717, 1.165) is 63.1 Å². The summed E-state index contributed by atoms with van der Waals surface area (Å²) in [6.45, 7) is 3.54. The highest BCUT2D eigenvalue weighted by molar-refractivity contribution is 5.76. The monoisotopic (exact) mass is 391 g/mol. The molecule has 0 radical (unpaired) electrons. The Morgan fingerprint density at radius 1 is 1.18 bits per heavy atom. The first-order chi connectivity index (χ1) is 13.6. The summed E-state index contributed by atoms with van der Waals surface area (Å²) in [6, 6.07) is 7.93. The average Bonchev–Trinajstić information content (AvgIpc) is 2.73. The molecule has 28 heavy (non-hydrogen) atoms. The average molecular weight is 392 g/mol. The second-order valence-electron chi connectivity index (χ2n) is 7.74. The Morgan fingerprint density at radius 3 is 2.61 bits per heavy atom. The molecule has 3 rings (SSSR count). The molecule has 1 atom stereocenters. The van der Waals surface area contributed by atoms with Crippen molar-refractivity contribution in [3.05, 3.63) is 29.8 Å². The summed E-state index contributed by atoms with van der Waals surface area (Å²) < 4.78 is 22.3. The van der Waals surface area contributed by atoms with Gasteiger partial charge in [-0.05, 0) is 43.4 Å². The Labute approximate surface area is 168 Å². The molecule has 1 aromatic rings. The fourth-order valence-electron chi connectivity index (χ4n) is 4.14. The maximum absolute atomic E-state index is 12.6. The third kappa shape index (κ3) is 5.69. The molecule has 0 aromatic heterocycles. The van der Waals surface area contributed by atoms with Gasteiger partial charge in [0.25, 0.3) is 0 Å². The summed E-state index contributed by atoms with van der Waals surface area (Å²) in [5, 5.41) is 0. The van der Waals surface area contributed by atoms with Gasteiger partial charge < -0.3 is 23.8 Å². The largest absolute Gasteiger partial charge is 0.497 e. The van der Waals surface area contributed by atoms with E-state index in [4.69, 9.17) is 18.9 Å². The van der Waals surface area contributed by atoms with Gasteiger partial charge in [-0.1, -0.05) is 12.1 Å². The highest BCUT2D eigenvalue weighted by atomic mass is 16.5. The molecule has 2 aliphatic rings. The van der Waals surface area contributed by atoms with Crippen molar-refractivity contribution in [2.24, 2.45) is 0 Å². The minimum absolute atomic E-state index is 0.122. The van der Waals surface area contributed by atoms with Gasteiger partial charge in [0.05, 0.1) is 32.0 Å². The van der Waals surface area contributed by atoms with Crippen molar-refractivity contribution < 1.29 is 23.7 Å². The maximum Gasteiger partial charge on any atom is 0.222 e. The van der Waals surface area contributed by atoms with Crippen molar-refractivity contribution in [3.63, 3.8) is 0 Å². The van der Waals surface area contributed by atoms with E-state index in [1.54, 1.807) is 14.2 Å². The van der Waals surface area contributed by atoms with E-state index < -0.39 is 0 Å². The zero-order valence-electron chi connectivity index (χ0n) is 17.2. The number of ether oxygens (including phenoxy) is 4. The molecule has 6 heteroatoms. The van der Waals surface area contributed by atoms with Crippen molar-refractivity contribution >= 4 is 5.91 Å². The van der Waals surface area contributed by atoms with E-state index in [0.29, 0.717) is 19.6 Å². The molecule has 0 N–H and O–H groups in total. The van der Waals surface area contributed by atoms with E-state index in [1.807, 2.05) is 29.2 Å². The number of amides is 1. The summed E-state index contributed by atoms with van der Waals surface area (Å²) in [5.41, 5.74) is 1.04. The van der Waals surface area contributed by atoms with Crippen LogP contribution in [0.15, 0.2) is 24.3 Å². The Hall–Kier alpha value is -1.63. The minimum atomic E-state index is -0.122. The van der Waals surface area contributed by atoms with Gasteiger partial charge in [0.1, 0.15) is 5.75 Å². The van der Waals surface area contributed by atoms with Crippen molar-refractivity contribution in [2.45, 2.75) is 50.2 Å². The third-order valence-electron chi connectivity index (χ3n) is 5.90. The smallest absolute Gasteiger partial charge is 0.222 e. The van der Waals surface area contributed by atoms with Gasteiger partial charge in [-0.25, -0.2) is 0 Å². The van der Waals surface area contributed by atoms with E-state index in [-0.39, 0.29) is 17.6 Å². The van der Waals surface area contributed by atoms with Crippen LogP contribution in [0.3, 0.4) is 0 Å². The Kier molecular flexibility index (Phi) is 7.71. The van der Waals surface area contributed by atoms with Crippen LogP contribution in [0.5, 0.6) is 5.75 Å². The van der Waals surface area contributed by atoms with Crippen LogP contribution < -0.4 is 4.74 Å². The molecule has 156 valence electrons. The highest BCUT2D eigenvalue weighted by Gasteiger charge is 2.41. The van der Waals surface area contributed by atoms with Crippen LogP contribution in [0.1, 0.15) is 37.7 Å². The number of rotatable bonds is 8. The quantitative estimate of drug-likeness (QED) is 0.638. The van der Waals surface area contributed by atoms with Gasteiger partial charge in [-0.15, -0.1) is 0 Å². The number of hydrogen-bond donors (Lipinski definition) is 0. The molecule has 0 saturated carbocycles. The summed E-state index contributed by atoms with van der Waals surface area (Å²) in [7, 11) is 3.35. The van der Waals surface area contributed by atoms with E-state index >= 15 is 0 Å². The Morgan fingerprint density at radius 2 is 1.93 bits per heavy atom. The zero-order chi connectivity index (χ0) is 19.8. The lowest BCUT2D eigenvalue weighted by Crippen LogP contribution is -2.52. The highest BCUT2D eigenvalue weighted by Crippen LogP contribution is 2.36. The van der Waals surface area contributed by atoms with E-state index in [2.05, 4.69) is 0 Å². The van der Waals surface area contributed by atoms with Crippen LogP contribution in [0, 0.1) is 0 Å². The molecule has 2 heterocycles. The number of piperidine rings is 1. The summed E-state index contributed by atoms with van der Waals surface area (Å²) in [4.78, 5) is 14.6. The van der Waals surface area contributed by atoms with Gasteiger partial charge in [0.15, 0.2) is 0 Å². The number of nitrogens with zero attached hydrogens (tertiary/aromatic N) is 1. The number of benzene rings is 1. The maximum atomic E-state index is 12.6. The summed E-state index contributed by atoms with van der Waals surface area (Å²) >= 11 is 0. The second kappa shape index (κ2) is 10.2. The molecule has 1 spiro atoms. The Balaban J connectivity index is 1.42. The summed E-state index contributed by atoms with van der Waals surface area (Å²) in [5.74, 6) is 1.07. The first-order valence-electron chi connectivity index (χ1n) is 10.3. The van der Waals surface area contributed by atoms with E-state index in [9.17, 15) is 4.79 Å². The topological polar surface area (TPSA) is 57.2 Å². The standard InChI is InChI=1S/C22H33NO5/c1-25-15-16-27-20-9-14-28-22(17-20)10-12-23(13-11-22)21(24)8-5-18-3-6-19(26-2)7-4-18/h3-4,6-7,20H,5,8-17H2,1-2H3. The number of carbonyl (C=O) groups is 1. The third-order valence-corrected chi connectivity index (χ3v) is 5.90. The van der Waals surface area contributed by atoms with Crippen LogP contribution in [-0.4, -0.2) is 69.6 Å². The van der Waals surface area contributed by atoms with Crippen LogP contribution in [-0.2, 0) is 25.4 Å². The molecule has 6 nitrogen and oxygen atoms in total. The van der Waals surface area contributed by atoms with Crippen molar-refractivity contribution in [2.75, 3.05) is 47.1 Å². The van der Waals surface area contributed by atoms with Crippen LogP contribution in [0.25, 0.3) is 0 Å². The molecule has 2 aliphatic heterocycles. The fourth-order valence-corrected chi connectivity index (χ4v) is 4.14. The zero-order valence-corrected chi connectivity index (χ0v) is 17.2. The molecular weight excluding hydrogens is 358 g/mol. The SMILES string of the molecule is COCCOC1CCOC2(CCN(C(=O)CCc3ccc(OC)cc3)CC2)C1. The van der Waals surface area contributed by atoms with Crippen molar-refractivity contribution in [1.82, 2.24) is 4.90 Å². The van der Waals surface area contributed by atoms with Crippen LogP contribution >= 0.6 is 0 Å². The molecule has 0 bridgehead atoms. The predicted octanol–water partition coefficient (Wildman–Crippen LogP) is 2.83. The number of aryl methyl sites for hydroxylation is 1. The number of carbonyl (C=O) groups excluding carboxylic acids is 1. The second-order valence-corrected chi connectivity index (χ2v) is 7.74. The first-order valence-corrected chi connectivity index (χ1v) is 10.3. The number of methoxy groups -OCH3 is 2.